The molecule has 2 N–H and O–H groups in total. The fourth-order valence-corrected chi connectivity index (χ4v) is 5.44. The molecule has 0 spiro atoms. The molecule has 1 aromatic carbocycles. The largest absolute Gasteiger partial charge is 0.348 e. The summed E-state index contributed by atoms with van der Waals surface area (Å²) in [6.07, 6.45) is 8.57. The molecule has 25 heavy (non-hydrogen) atoms. The first kappa shape index (κ1) is 17.0. The Labute approximate surface area is 153 Å². The van der Waals surface area contributed by atoms with Crippen molar-refractivity contribution >= 4 is 27.5 Å². The highest BCUT2D eigenvalue weighted by Gasteiger charge is 2.28. The van der Waals surface area contributed by atoms with Crippen molar-refractivity contribution in [2.24, 2.45) is 0 Å². The first-order chi connectivity index (χ1) is 12.3. The number of carbonyl (C=O) groups excluding carboxylic acids is 1. The first-order valence-corrected chi connectivity index (χ1v) is 10.6. The molecule has 1 saturated carbocycles. The molecule has 4 nitrogen and oxygen atoms in total. The maximum absolute atomic E-state index is 12.4. The molecule has 1 saturated heterocycles. The zero-order chi connectivity index (χ0) is 17.1. The van der Waals surface area contributed by atoms with Crippen LogP contribution < -0.4 is 10.2 Å². The van der Waals surface area contributed by atoms with Crippen LogP contribution in [-0.4, -0.2) is 36.6 Å². The average molecular weight is 359 g/mol. The molecule has 1 amide bonds. The van der Waals surface area contributed by atoms with Gasteiger partial charge in [-0.3, -0.25) is 4.79 Å². The second kappa shape index (κ2) is 7.83. The summed E-state index contributed by atoms with van der Waals surface area (Å²) in [5.74, 6) is 0.746. The van der Waals surface area contributed by atoms with E-state index in [-0.39, 0.29) is 5.91 Å². The van der Waals surface area contributed by atoms with Crippen LogP contribution in [0.4, 0.5) is 0 Å². The fourth-order valence-electron chi connectivity index (χ4n) is 4.34. The minimum Gasteiger partial charge on any atom is -0.348 e. The van der Waals surface area contributed by atoms with Crippen LogP contribution in [0.25, 0.3) is 10.2 Å². The van der Waals surface area contributed by atoms with E-state index in [4.69, 9.17) is 4.98 Å². The minimum atomic E-state index is 0.242. The molecule has 2 atom stereocenters. The highest BCUT2D eigenvalue weighted by Crippen LogP contribution is 2.30. The molecule has 1 aliphatic heterocycles. The number of hydrogen-bond donors (Lipinski definition) is 2. The van der Waals surface area contributed by atoms with Gasteiger partial charge in [0.05, 0.1) is 29.2 Å². The van der Waals surface area contributed by atoms with E-state index in [1.165, 1.54) is 46.7 Å². The summed E-state index contributed by atoms with van der Waals surface area (Å²) < 4.78 is 1.28. The molecule has 2 aromatic rings. The van der Waals surface area contributed by atoms with Gasteiger partial charge in [0, 0.05) is 6.04 Å². The molecule has 2 heterocycles. The van der Waals surface area contributed by atoms with Crippen molar-refractivity contribution in [3.63, 3.8) is 0 Å². The lowest BCUT2D eigenvalue weighted by atomic mass is 9.95. The maximum atomic E-state index is 12.4. The summed E-state index contributed by atoms with van der Waals surface area (Å²) in [5.41, 5.74) is 1.12. The van der Waals surface area contributed by atoms with Gasteiger partial charge >= 0.3 is 0 Å². The van der Waals surface area contributed by atoms with Crippen molar-refractivity contribution in [1.82, 2.24) is 10.3 Å². The summed E-state index contributed by atoms with van der Waals surface area (Å²) in [4.78, 5) is 18.7. The number of thiazole rings is 1. The lowest BCUT2D eigenvalue weighted by molar-refractivity contribution is -0.898. The number of aromatic nitrogens is 1. The normalized spacial score (nSPS) is 25.1. The van der Waals surface area contributed by atoms with Gasteiger partial charge in [0.25, 0.3) is 5.91 Å². The number of hydrogen-bond acceptors (Lipinski definition) is 3. The molecule has 0 radical (unpaired) electrons. The first-order valence-electron chi connectivity index (χ1n) is 9.76. The van der Waals surface area contributed by atoms with Crippen LogP contribution in [0.3, 0.4) is 0 Å². The fraction of sp³-hybridized carbons (Fsp3) is 0.600. The predicted octanol–water partition coefficient (Wildman–Crippen LogP) is 2.51. The van der Waals surface area contributed by atoms with Gasteiger partial charge in [-0.05, 0) is 37.8 Å². The van der Waals surface area contributed by atoms with Crippen LogP contribution in [-0.2, 0) is 4.79 Å². The van der Waals surface area contributed by atoms with Crippen LogP contribution in [0, 0.1) is 0 Å². The molecule has 5 heteroatoms. The summed E-state index contributed by atoms with van der Waals surface area (Å²) >= 11 is 1.83. The Balaban J connectivity index is 1.34. The minimum absolute atomic E-state index is 0.242. The second-order valence-corrected chi connectivity index (χ2v) is 8.70. The van der Waals surface area contributed by atoms with Crippen molar-refractivity contribution in [3.8, 4) is 0 Å². The van der Waals surface area contributed by atoms with Crippen molar-refractivity contribution in [2.45, 2.75) is 56.9 Å². The van der Waals surface area contributed by atoms with Gasteiger partial charge in [0.1, 0.15) is 5.01 Å². The third kappa shape index (κ3) is 4.21. The standard InChI is InChI=1S/C20H27N3OS/c24-19(21-16-8-2-1-3-9-16)14-23-12-6-7-15(13-23)20-22-17-10-4-5-11-18(17)25-20/h4-5,10-11,15-16H,1-3,6-9,12-14H2,(H,21,24)/p+1/t15-/m1/s1. The summed E-state index contributed by atoms with van der Waals surface area (Å²) in [6, 6.07) is 8.81. The van der Waals surface area contributed by atoms with Crippen LogP contribution >= 0.6 is 11.3 Å². The quantitative estimate of drug-likeness (QED) is 0.882. The number of likely N-dealkylation sites (tertiary alicyclic amines) is 1. The Kier molecular flexibility index (Phi) is 5.32. The van der Waals surface area contributed by atoms with Crippen molar-refractivity contribution < 1.29 is 9.69 Å². The van der Waals surface area contributed by atoms with Gasteiger partial charge < -0.3 is 10.2 Å². The van der Waals surface area contributed by atoms with Crippen LogP contribution in [0.2, 0.25) is 0 Å². The Bertz CT molecular complexity index is 690. The highest BCUT2D eigenvalue weighted by molar-refractivity contribution is 7.18. The molecule has 134 valence electrons. The maximum Gasteiger partial charge on any atom is 0.275 e. The van der Waals surface area contributed by atoms with Gasteiger partial charge in [0.15, 0.2) is 6.54 Å². The SMILES string of the molecule is O=C(C[NH+]1CCC[C@@H](c2nc3ccccc3s2)C1)NC1CCCCC1. The highest BCUT2D eigenvalue weighted by atomic mass is 32.1. The third-order valence-electron chi connectivity index (χ3n) is 5.66. The van der Waals surface area contributed by atoms with Gasteiger partial charge in [-0.25, -0.2) is 4.98 Å². The van der Waals surface area contributed by atoms with Crippen LogP contribution in [0.15, 0.2) is 24.3 Å². The number of carbonyl (C=O) groups is 1. The van der Waals surface area contributed by atoms with E-state index < -0.39 is 0 Å². The number of amides is 1. The number of fused-ring (bicyclic) bond motifs is 1. The topological polar surface area (TPSA) is 46.4 Å². The van der Waals surface area contributed by atoms with Crippen LogP contribution in [0.1, 0.15) is 55.9 Å². The van der Waals surface area contributed by atoms with Gasteiger partial charge in [-0.2, -0.15) is 0 Å². The lowest BCUT2D eigenvalue weighted by Crippen LogP contribution is -3.14. The number of nitrogens with one attached hydrogen (secondary N) is 2. The monoisotopic (exact) mass is 358 g/mol. The number of quaternary nitrogens is 1. The molecule has 2 aliphatic rings. The third-order valence-corrected chi connectivity index (χ3v) is 6.86. The number of piperidine rings is 1. The second-order valence-electron chi connectivity index (χ2n) is 7.64. The number of para-hydroxylation sites is 1. The molecular formula is C20H28N3OS+. The van der Waals surface area contributed by atoms with Crippen LogP contribution in [0.5, 0.6) is 0 Å². The van der Waals surface area contributed by atoms with Gasteiger partial charge in [-0.1, -0.05) is 31.4 Å². The number of nitrogens with zero attached hydrogens (tertiary/aromatic N) is 1. The van der Waals surface area contributed by atoms with E-state index in [9.17, 15) is 4.79 Å². The number of rotatable bonds is 4. The zero-order valence-corrected chi connectivity index (χ0v) is 15.6. The molecular weight excluding hydrogens is 330 g/mol. The predicted molar refractivity (Wildman–Crippen MR) is 102 cm³/mol. The van der Waals surface area contributed by atoms with E-state index in [1.54, 1.807) is 0 Å². The lowest BCUT2D eigenvalue weighted by Gasteiger charge is -2.29. The summed E-state index contributed by atoms with van der Waals surface area (Å²) in [5, 5.41) is 4.53. The zero-order valence-electron chi connectivity index (χ0n) is 14.8. The molecule has 1 aliphatic carbocycles. The smallest absolute Gasteiger partial charge is 0.275 e. The Morgan fingerprint density at radius 1 is 1.16 bits per heavy atom. The summed E-state index contributed by atoms with van der Waals surface area (Å²) in [7, 11) is 0. The van der Waals surface area contributed by atoms with E-state index in [2.05, 4.69) is 29.6 Å². The average Bonchev–Trinajstić information content (AvgIpc) is 3.07. The van der Waals surface area contributed by atoms with E-state index in [1.807, 2.05) is 11.3 Å². The molecule has 1 unspecified atom stereocenters. The Morgan fingerprint density at radius 2 is 2.00 bits per heavy atom. The van der Waals surface area contributed by atoms with Gasteiger partial charge in [0.2, 0.25) is 0 Å². The Hall–Kier alpha value is -1.46. The van der Waals surface area contributed by atoms with Crippen molar-refractivity contribution in [2.75, 3.05) is 19.6 Å². The number of benzene rings is 1. The Morgan fingerprint density at radius 3 is 2.84 bits per heavy atom. The van der Waals surface area contributed by atoms with E-state index in [0.29, 0.717) is 18.5 Å². The van der Waals surface area contributed by atoms with Crippen molar-refractivity contribution in [1.29, 1.82) is 0 Å². The van der Waals surface area contributed by atoms with E-state index in [0.717, 1.165) is 31.4 Å². The molecule has 1 aromatic heterocycles. The van der Waals surface area contributed by atoms with Gasteiger partial charge in [-0.15, -0.1) is 11.3 Å². The molecule has 0 bridgehead atoms. The van der Waals surface area contributed by atoms with E-state index >= 15 is 0 Å². The molecule has 2 fully saturated rings. The van der Waals surface area contributed by atoms with Crippen molar-refractivity contribution in [3.05, 3.63) is 29.3 Å². The molecule has 4 rings (SSSR count). The summed E-state index contributed by atoms with van der Waals surface area (Å²) in [6.45, 7) is 2.77.